The minimum atomic E-state index is 0.257. The molecule has 0 atom stereocenters. The predicted molar refractivity (Wildman–Crippen MR) is 217 cm³/mol. The van der Waals surface area contributed by atoms with Crippen molar-refractivity contribution in [2.45, 2.75) is 26.9 Å². The van der Waals surface area contributed by atoms with Crippen molar-refractivity contribution in [2.24, 2.45) is 0 Å². The summed E-state index contributed by atoms with van der Waals surface area (Å²) in [7, 11) is 0. The first-order valence-corrected chi connectivity index (χ1v) is 18.0. The van der Waals surface area contributed by atoms with Crippen LogP contribution in [0, 0.1) is 38.5 Å². The number of nitrogens with zero attached hydrogens (tertiary/aromatic N) is 2. The summed E-state index contributed by atoms with van der Waals surface area (Å²) in [4.78, 5) is 4.56. The first kappa shape index (κ1) is 34.3. The number of anilines is 2. The molecule has 2 aliphatic heterocycles. The molecule has 0 saturated carbocycles. The average Bonchev–Trinajstić information content (AvgIpc) is 3.22. The number of terminal acetylenes is 2. The van der Waals surface area contributed by atoms with Gasteiger partial charge in [0.25, 0.3) is 0 Å². The molecule has 0 aromatic heterocycles. The Morgan fingerprint density at radius 3 is 1.31 bits per heavy atom. The maximum Gasteiger partial charge on any atom is 0.161 e. The molecule has 8 rings (SSSR count). The summed E-state index contributed by atoms with van der Waals surface area (Å²) in [5.41, 5.74) is 13.9. The van der Waals surface area contributed by atoms with Crippen LogP contribution in [0.4, 0.5) is 11.4 Å². The highest BCUT2D eigenvalue weighted by Crippen LogP contribution is 2.38. The highest BCUT2D eigenvalue weighted by molar-refractivity contribution is 5.76. The number of hydrogen-bond acceptors (Lipinski definition) is 6. The van der Waals surface area contributed by atoms with Gasteiger partial charge in [-0.25, -0.2) is 0 Å². The monoisotopic (exact) mass is 708 g/mol. The molecular weight excluding hydrogens is 669 g/mol. The second-order valence-electron chi connectivity index (χ2n) is 13.6. The van der Waals surface area contributed by atoms with Crippen LogP contribution < -0.4 is 28.7 Å². The largest absolute Gasteiger partial charge is 0.481 e. The van der Waals surface area contributed by atoms with Gasteiger partial charge in [-0.2, -0.15) is 0 Å². The Morgan fingerprint density at radius 1 is 0.519 bits per heavy atom. The number of fused-ring (bicyclic) bond motifs is 2. The van der Waals surface area contributed by atoms with E-state index in [1.165, 1.54) is 22.3 Å². The van der Waals surface area contributed by atoms with Crippen LogP contribution in [0.2, 0.25) is 0 Å². The molecule has 0 amide bonds. The molecule has 0 saturated heterocycles. The third-order valence-corrected chi connectivity index (χ3v) is 10.1. The van der Waals surface area contributed by atoms with Crippen LogP contribution in [0.25, 0.3) is 33.4 Å². The zero-order valence-corrected chi connectivity index (χ0v) is 30.5. The van der Waals surface area contributed by atoms with Crippen LogP contribution in [-0.4, -0.2) is 26.7 Å². The van der Waals surface area contributed by atoms with Gasteiger partial charge in [-0.1, -0.05) is 60.4 Å². The van der Waals surface area contributed by atoms with Gasteiger partial charge >= 0.3 is 0 Å². The molecule has 266 valence electrons. The van der Waals surface area contributed by atoms with Gasteiger partial charge in [0.05, 0.1) is 0 Å². The van der Waals surface area contributed by atoms with Crippen molar-refractivity contribution in [3.8, 4) is 81.1 Å². The number of hydrogen-bond donors (Lipinski definition) is 0. The third-order valence-electron chi connectivity index (χ3n) is 10.1. The molecule has 2 heterocycles. The highest BCUT2D eigenvalue weighted by atomic mass is 16.5. The van der Waals surface area contributed by atoms with Crippen LogP contribution in [0.1, 0.15) is 22.3 Å². The molecule has 0 spiro atoms. The molecule has 6 heteroatoms. The fraction of sp³-hybridized carbons (Fsp3) is 0.167. The molecule has 0 bridgehead atoms. The summed E-state index contributed by atoms with van der Waals surface area (Å²) in [5, 5.41) is 0. The number of ether oxygens (including phenoxy) is 4. The maximum atomic E-state index is 6.22. The van der Waals surface area contributed by atoms with Gasteiger partial charge in [0, 0.05) is 35.6 Å². The lowest BCUT2D eigenvalue weighted by molar-refractivity contribution is 0.289. The van der Waals surface area contributed by atoms with E-state index in [0.717, 1.165) is 80.8 Å². The molecule has 54 heavy (non-hydrogen) atoms. The van der Waals surface area contributed by atoms with Crippen molar-refractivity contribution in [3.05, 3.63) is 144 Å². The predicted octanol–water partition coefficient (Wildman–Crippen LogP) is 10.0. The van der Waals surface area contributed by atoms with Crippen LogP contribution in [0.3, 0.4) is 0 Å². The van der Waals surface area contributed by atoms with Gasteiger partial charge in [0.15, 0.2) is 13.5 Å². The van der Waals surface area contributed by atoms with Crippen molar-refractivity contribution < 1.29 is 18.9 Å². The molecule has 0 fully saturated rings. The van der Waals surface area contributed by atoms with E-state index in [-0.39, 0.29) is 13.2 Å². The van der Waals surface area contributed by atoms with E-state index in [4.69, 9.17) is 31.8 Å². The van der Waals surface area contributed by atoms with Crippen LogP contribution in [0.5, 0.6) is 23.0 Å². The second-order valence-corrected chi connectivity index (χ2v) is 13.6. The fourth-order valence-electron chi connectivity index (χ4n) is 7.21. The Bertz CT molecular complexity index is 2230. The molecule has 6 aromatic carbocycles. The van der Waals surface area contributed by atoms with E-state index in [2.05, 4.69) is 133 Å². The van der Waals surface area contributed by atoms with E-state index in [1.807, 2.05) is 24.3 Å². The van der Waals surface area contributed by atoms with Crippen LogP contribution >= 0.6 is 0 Å². The Kier molecular flexibility index (Phi) is 9.58. The minimum Gasteiger partial charge on any atom is -0.481 e. The summed E-state index contributed by atoms with van der Waals surface area (Å²) >= 11 is 0. The summed E-state index contributed by atoms with van der Waals surface area (Å²) in [6.07, 6.45) is 10.7. The minimum absolute atomic E-state index is 0.257. The standard InChI is InChI=1S/C48H40N2O4/c1-5-23-51-43-15-7-35(8-16-43)37-11-21-47-39(27-37)29-49(31-53-47)41-13-19-45(33(3)25-41)46-20-14-42(26-34(46)4)50-30-40-28-38(12-22-48(40)54-32-50)36-9-17-44(18-10-36)52-24-6-2/h1-2,7-22,25-28H,23-24,29-32H2,3-4H3. The molecule has 0 radical (unpaired) electrons. The van der Waals surface area contributed by atoms with Gasteiger partial charge in [0.1, 0.15) is 36.2 Å². The van der Waals surface area contributed by atoms with Crippen molar-refractivity contribution >= 4 is 11.4 Å². The van der Waals surface area contributed by atoms with Gasteiger partial charge in [-0.05, 0) is 131 Å². The fourth-order valence-corrected chi connectivity index (χ4v) is 7.21. The van der Waals surface area contributed by atoms with Crippen molar-refractivity contribution in [2.75, 3.05) is 36.5 Å². The van der Waals surface area contributed by atoms with E-state index in [9.17, 15) is 0 Å². The van der Waals surface area contributed by atoms with Gasteiger partial charge < -0.3 is 28.7 Å². The van der Waals surface area contributed by atoms with Gasteiger partial charge in [-0.3, -0.25) is 0 Å². The average molecular weight is 709 g/mol. The first-order chi connectivity index (χ1) is 26.4. The Balaban J connectivity index is 0.952. The summed E-state index contributed by atoms with van der Waals surface area (Å²) in [5.74, 6) is 8.39. The van der Waals surface area contributed by atoms with Crippen molar-refractivity contribution in [1.29, 1.82) is 0 Å². The lowest BCUT2D eigenvalue weighted by atomic mass is 9.95. The molecule has 2 aliphatic rings. The summed E-state index contributed by atoms with van der Waals surface area (Å²) < 4.78 is 23.5. The normalized spacial score (nSPS) is 13.0. The van der Waals surface area contributed by atoms with E-state index in [0.29, 0.717) is 13.5 Å². The second kappa shape index (κ2) is 15.1. The zero-order chi connectivity index (χ0) is 37.0. The quantitative estimate of drug-likeness (QED) is 0.139. The van der Waals surface area contributed by atoms with E-state index < -0.39 is 0 Å². The number of rotatable bonds is 9. The number of benzene rings is 6. The molecular formula is C48H40N2O4. The molecule has 0 aliphatic carbocycles. The van der Waals surface area contributed by atoms with Crippen molar-refractivity contribution in [3.63, 3.8) is 0 Å². The molecule has 6 aromatic rings. The topological polar surface area (TPSA) is 43.4 Å². The SMILES string of the molecule is C#CCOc1ccc(-c2ccc3c(c2)CN(c2ccc(-c4ccc(N5COc6ccc(-c7ccc(OCC#C)cc7)cc6C5)cc4C)c(C)c2)CO3)cc1. The first-order valence-electron chi connectivity index (χ1n) is 18.0. The van der Waals surface area contributed by atoms with Crippen LogP contribution in [-0.2, 0) is 13.1 Å². The Morgan fingerprint density at radius 2 is 0.926 bits per heavy atom. The summed E-state index contributed by atoms with van der Waals surface area (Å²) in [6.45, 7) is 7.40. The zero-order valence-electron chi connectivity index (χ0n) is 30.5. The lowest BCUT2D eigenvalue weighted by Gasteiger charge is -2.32. The lowest BCUT2D eigenvalue weighted by Crippen LogP contribution is -2.32. The summed E-state index contributed by atoms with van der Waals surface area (Å²) in [6, 6.07) is 42.2. The highest BCUT2D eigenvalue weighted by Gasteiger charge is 2.22. The maximum absolute atomic E-state index is 6.22. The Labute approximate surface area is 317 Å². The van der Waals surface area contributed by atoms with E-state index >= 15 is 0 Å². The molecule has 0 unspecified atom stereocenters. The van der Waals surface area contributed by atoms with Gasteiger partial charge in [-0.15, -0.1) is 12.8 Å². The Hall–Kier alpha value is -6.76. The third kappa shape index (κ3) is 7.16. The van der Waals surface area contributed by atoms with E-state index in [1.54, 1.807) is 0 Å². The van der Waals surface area contributed by atoms with Crippen molar-refractivity contribution in [1.82, 2.24) is 0 Å². The van der Waals surface area contributed by atoms with Crippen LogP contribution in [0.15, 0.2) is 121 Å². The smallest absolute Gasteiger partial charge is 0.161 e. The van der Waals surface area contributed by atoms with Gasteiger partial charge in [0.2, 0.25) is 0 Å². The molecule has 0 N–H and O–H groups in total. The molecule has 6 nitrogen and oxygen atoms in total. The number of aryl methyl sites for hydroxylation is 2.